The van der Waals surface area contributed by atoms with E-state index >= 15 is 0 Å². The quantitative estimate of drug-likeness (QED) is 0.645. The standard InChI is InChI=1S/C14H13ClN2O/c15-12-8-16-13-10(12)4-3-5-11(13)14(17-9-18)6-1-2-7-14/h3-5,8,16H,1-2,6-7H2. The van der Waals surface area contributed by atoms with Crippen LogP contribution in [0.2, 0.25) is 5.02 Å². The van der Waals surface area contributed by atoms with Crippen molar-refractivity contribution < 1.29 is 4.79 Å². The zero-order valence-corrected chi connectivity index (χ0v) is 10.6. The minimum absolute atomic E-state index is 0.407. The van der Waals surface area contributed by atoms with Gasteiger partial charge < -0.3 is 4.98 Å². The van der Waals surface area contributed by atoms with Gasteiger partial charge in [0.1, 0.15) is 5.54 Å². The Morgan fingerprint density at radius 3 is 2.83 bits per heavy atom. The summed E-state index contributed by atoms with van der Waals surface area (Å²) in [4.78, 5) is 18.1. The van der Waals surface area contributed by atoms with Crippen LogP contribution in [0.5, 0.6) is 0 Å². The van der Waals surface area contributed by atoms with Gasteiger partial charge in [-0.1, -0.05) is 42.6 Å². The molecule has 3 rings (SSSR count). The van der Waals surface area contributed by atoms with Gasteiger partial charge in [-0.2, -0.15) is 4.99 Å². The molecular weight excluding hydrogens is 248 g/mol. The van der Waals surface area contributed by atoms with E-state index < -0.39 is 5.54 Å². The molecule has 0 unspecified atom stereocenters. The van der Waals surface area contributed by atoms with E-state index in [4.69, 9.17) is 11.6 Å². The monoisotopic (exact) mass is 260 g/mol. The number of nitrogens with zero attached hydrogens (tertiary/aromatic N) is 1. The fraction of sp³-hybridized carbons (Fsp3) is 0.357. The summed E-state index contributed by atoms with van der Waals surface area (Å²) in [5.41, 5.74) is 1.64. The number of isocyanates is 1. The molecule has 92 valence electrons. The number of para-hydroxylation sites is 1. The highest BCUT2D eigenvalue weighted by Gasteiger charge is 2.37. The van der Waals surface area contributed by atoms with Gasteiger partial charge in [-0.15, -0.1) is 0 Å². The molecule has 1 aromatic carbocycles. The fourth-order valence-corrected chi connectivity index (χ4v) is 3.21. The molecule has 1 fully saturated rings. The van der Waals surface area contributed by atoms with Crippen molar-refractivity contribution in [1.29, 1.82) is 0 Å². The normalized spacial score (nSPS) is 17.8. The van der Waals surface area contributed by atoms with Crippen molar-refractivity contribution in [3.05, 3.63) is 35.0 Å². The Morgan fingerprint density at radius 1 is 1.33 bits per heavy atom. The van der Waals surface area contributed by atoms with E-state index in [1.54, 1.807) is 12.3 Å². The lowest BCUT2D eigenvalue weighted by Crippen LogP contribution is -2.19. The molecule has 3 nitrogen and oxygen atoms in total. The van der Waals surface area contributed by atoms with Crippen LogP contribution in [-0.4, -0.2) is 11.1 Å². The largest absolute Gasteiger partial charge is 0.359 e. The van der Waals surface area contributed by atoms with E-state index in [1.165, 1.54) is 0 Å². The summed E-state index contributed by atoms with van der Waals surface area (Å²) < 4.78 is 0. The van der Waals surface area contributed by atoms with E-state index in [1.807, 2.05) is 18.2 Å². The summed E-state index contributed by atoms with van der Waals surface area (Å²) in [6.45, 7) is 0. The molecule has 1 aliphatic rings. The molecule has 0 atom stereocenters. The number of nitrogens with one attached hydrogen (secondary N) is 1. The number of rotatable bonds is 2. The first-order valence-corrected chi connectivity index (χ1v) is 6.50. The van der Waals surface area contributed by atoms with Crippen LogP contribution in [0.15, 0.2) is 29.4 Å². The number of halogens is 1. The molecule has 1 aliphatic carbocycles. The van der Waals surface area contributed by atoms with Crippen LogP contribution in [0.4, 0.5) is 0 Å². The average Bonchev–Trinajstić information content (AvgIpc) is 2.98. The smallest absolute Gasteiger partial charge is 0.235 e. The zero-order chi connectivity index (χ0) is 12.6. The van der Waals surface area contributed by atoms with Crippen molar-refractivity contribution in [2.45, 2.75) is 31.2 Å². The molecule has 0 aliphatic heterocycles. The van der Waals surface area contributed by atoms with Crippen LogP contribution in [0.3, 0.4) is 0 Å². The van der Waals surface area contributed by atoms with Gasteiger partial charge in [0.2, 0.25) is 6.08 Å². The minimum atomic E-state index is -0.407. The lowest BCUT2D eigenvalue weighted by molar-refractivity contribution is 0.459. The Bertz CT molecular complexity index is 634. The van der Waals surface area contributed by atoms with Crippen LogP contribution in [0, 0.1) is 0 Å². The Kier molecular flexibility index (Phi) is 2.73. The molecule has 18 heavy (non-hydrogen) atoms. The van der Waals surface area contributed by atoms with E-state index in [-0.39, 0.29) is 0 Å². The van der Waals surface area contributed by atoms with Crippen molar-refractivity contribution in [2.75, 3.05) is 0 Å². The number of aliphatic imine (C=N–C) groups is 1. The summed E-state index contributed by atoms with van der Waals surface area (Å²) >= 11 is 6.13. The summed E-state index contributed by atoms with van der Waals surface area (Å²) in [6, 6.07) is 5.98. The van der Waals surface area contributed by atoms with E-state index in [0.717, 1.165) is 42.1 Å². The maximum absolute atomic E-state index is 10.8. The highest BCUT2D eigenvalue weighted by atomic mass is 35.5. The van der Waals surface area contributed by atoms with Crippen LogP contribution < -0.4 is 0 Å². The molecule has 1 N–H and O–H groups in total. The van der Waals surface area contributed by atoms with E-state index in [2.05, 4.69) is 9.98 Å². The second-order valence-corrected chi connectivity index (χ2v) is 5.21. The SMILES string of the molecule is O=C=NC1(c2cccc3c(Cl)c[nH]c23)CCCC1. The Balaban J connectivity index is 2.27. The van der Waals surface area contributed by atoms with Crippen molar-refractivity contribution in [1.82, 2.24) is 4.98 Å². The number of H-pyrrole nitrogens is 1. The third-order valence-corrected chi connectivity index (χ3v) is 4.17. The van der Waals surface area contributed by atoms with Gasteiger partial charge in [0.15, 0.2) is 0 Å². The van der Waals surface area contributed by atoms with Gasteiger partial charge in [-0.05, 0) is 12.8 Å². The molecule has 1 saturated carbocycles. The first-order chi connectivity index (χ1) is 8.77. The summed E-state index contributed by atoms with van der Waals surface area (Å²) in [6.07, 6.45) is 7.52. The molecule has 1 heterocycles. The van der Waals surface area contributed by atoms with Gasteiger partial charge >= 0.3 is 0 Å². The number of aromatic amines is 1. The average molecular weight is 261 g/mol. The minimum Gasteiger partial charge on any atom is -0.359 e. The maximum atomic E-state index is 10.8. The maximum Gasteiger partial charge on any atom is 0.235 e. The number of hydrogen-bond donors (Lipinski definition) is 1. The van der Waals surface area contributed by atoms with Gasteiger partial charge in [0, 0.05) is 17.1 Å². The number of benzene rings is 1. The van der Waals surface area contributed by atoms with Crippen LogP contribution in [-0.2, 0) is 10.3 Å². The van der Waals surface area contributed by atoms with E-state index in [0.29, 0.717) is 5.02 Å². The van der Waals surface area contributed by atoms with Gasteiger partial charge in [-0.25, -0.2) is 4.79 Å². The predicted molar refractivity (Wildman–Crippen MR) is 71.6 cm³/mol. The van der Waals surface area contributed by atoms with Crippen molar-refractivity contribution in [3.63, 3.8) is 0 Å². The predicted octanol–water partition coefficient (Wildman–Crippen LogP) is 3.93. The second kappa shape index (κ2) is 4.27. The molecule has 0 saturated heterocycles. The summed E-state index contributed by atoms with van der Waals surface area (Å²) in [5, 5.41) is 1.69. The van der Waals surface area contributed by atoms with Crippen LogP contribution >= 0.6 is 11.6 Å². The highest BCUT2D eigenvalue weighted by molar-refractivity contribution is 6.35. The zero-order valence-electron chi connectivity index (χ0n) is 9.87. The van der Waals surface area contributed by atoms with Gasteiger partial charge in [0.25, 0.3) is 0 Å². The first-order valence-electron chi connectivity index (χ1n) is 6.12. The van der Waals surface area contributed by atoms with Crippen LogP contribution in [0.25, 0.3) is 10.9 Å². The summed E-state index contributed by atoms with van der Waals surface area (Å²) in [5.74, 6) is 0. The lowest BCUT2D eigenvalue weighted by atomic mass is 9.87. The van der Waals surface area contributed by atoms with Crippen molar-refractivity contribution in [3.8, 4) is 0 Å². The molecular formula is C14H13ClN2O. The number of aromatic nitrogens is 1. The van der Waals surface area contributed by atoms with Gasteiger partial charge in [0.05, 0.1) is 10.5 Å². The molecule has 0 spiro atoms. The Labute approximate surface area is 110 Å². The molecule has 4 heteroatoms. The molecule has 0 amide bonds. The molecule has 0 bridgehead atoms. The van der Waals surface area contributed by atoms with Gasteiger partial charge in [-0.3, -0.25) is 0 Å². The Hall–Kier alpha value is -1.57. The van der Waals surface area contributed by atoms with E-state index in [9.17, 15) is 4.79 Å². The van der Waals surface area contributed by atoms with Crippen LogP contribution in [0.1, 0.15) is 31.2 Å². The third-order valence-electron chi connectivity index (χ3n) is 3.86. The highest BCUT2D eigenvalue weighted by Crippen LogP contribution is 2.44. The fourth-order valence-electron chi connectivity index (χ4n) is 3.00. The lowest BCUT2D eigenvalue weighted by Gasteiger charge is -2.23. The summed E-state index contributed by atoms with van der Waals surface area (Å²) in [7, 11) is 0. The molecule has 2 aromatic rings. The number of fused-ring (bicyclic) bond motifs is 1. The number of carbonyl (C=O) groups excluding carboxylic acids is 1. The number of hydrogen-bond acceptors (Lipinski definition) is 2. The van der Waals surface area contributed by atoms with Crippen molar-refractivity contribution >= 4 is 28.6 Å². The first kappa shape index (κ1) is 11.5. The molecule has 0 radical (unpaired) electrons. The third kappa shape index (κ3) is 1.59. The molecule has 1 aromatic heterocycles. The topological polar surface area (TPSA) is 45.2 Å². The Morgan fingerprint density at radius 2 is 2.11 bits per heavy atom. The van der Waals surface area contributed by atoms with Crippen molar-refractivity contribution in [2.24, 2.45) is 4.99 Å². The second-order valence-electron chi connectivity index (χ2n) is 4.81.